The third-order valence-corrected chi connectivity index (χ3v) is 9.94. The minimum Gasteiger partial charge on any atom is -0.792 e. The van der Waals surface area contributed by atoms with Gasteiger partial charge in [-0.2, -0.15) is 0 Å². The minimum atomic E-state index is -4.39. The number of allylic oxidation sites excluding steroid dienone is 6. The molecule has 42 heavy (non-hydrogen) atoms. The second kappa shape index (κ2) is 16.4. The maximum Gasteiger partial charge on any atom is 1.00 e. The number of sulfone groups is 1. The van der Waals surface area contributed by atoms with Crippen molar-refractivity contribution in [2.24, 2.45) is 0 Å². The smallest absolute Gasteiger partial charge is 0.792 e. The van der Waals surface area contributed by atoms with Crippen LogP contribution in [0.25, 0.3) is 0 Å². The molecule has 0 aliphatic carbocycles. The summed E-state index contributed by atoms with van der Waals surface area (Å²) in [6.07, 6.45) is 6.25. The number of anilines is 2. The van der Waals surface area contributed by atoms with Crippen LogP contribution in [0, 0.1) is 0 Å². The van der Waals surface area contributed by atoms with Crippen molar-refractivity contribution in [1.29, 1.82) is 0 Å². The fourth-order valence-electron chi connectivity index (χ4n) is 4.80. The number of alkyl halides is 1. The number of Topliss-reactive ketones (excluding diaryl/α,β-unsaturated/α-hetero) is 1. The third-order valence-electron chi connectivity index (χ3n) is 6.62. The molecule has 2 aromatic rings. The predicted octanol–water partition coefficient (Wildman–Crippen LogP) is -4.25. The van der Waals surface area contributed by atoms with Crippen LogP contribution < -0.4 is 98.9 Å². The minimum absolute atomic E-state index is 0. The number of benzene rings is 2. The first-order chi connectivity index (χ1) is 18.3. The van der Waals surface area contributed by atoms with Crippen molar-refractivity contribution < 1.29 is 120 Å². The topological polar surface area (TPSA) is 153 Å². The van der Waals surface area contributed by atoms with E-state index in [4.69, 9.17) is 0 Å². The molecule has 0 saturated carbocycles. The normalized spacial score (nSPS) is 19.0. The molecule has 2 aliphatic heterocycles. The van der Waals surface area contributed by atoms with Gasteiger partial charge in [0.25, 0.3) is 0 Å². The molecule has 208 valence electrons. The molecule has 2 aliphatic rings. The van der Waals surface area contributed by atoms with Crippen LogP contribution in [-0.4, -0.2) is 50.5 Å². The molecule has 2 heterocycles. The van der Waals surface area contributed by atoms with Gasteiger partial charge in [-0.15, -0.1) is 0 Å². The molecule has 0 bridgehead atoms. The molecule has 9 nitrogen and oxygen atoms in total. The SMILES string of the molecule is CC1(C)/C(=C/C=C/C=C2/C(=O)c3ccccc3S2([O-])[O-])N(CCCS(=O)(=O)[O-])c2ccc(NC(=O)CI)cc21.[Na+].[Na+].[Na+]. The first kappa shape index (κ1) is 40.5. The second-order valence-electron chi connectivity index (χ2n) is 9.60. The van der Waals surface area contributed by atoms with E-state index in [1.807, 2.05) is 53.5 Å². The summed E-state index contributed by atoms with van der Waals surface area (Å²) in [6.45, 7) is 4.19. The molecule has 0 radical (unpaired) electrons. The fraction of sp³-hybridized carbons (Fsp3) is 0.259. The molecule has 4 rings (SSSR count). The van der Waals surface area contributed by atoms with E-state index in [1.165, 1.54) is 24.3 Å². The zero-order valence-corrected chi connectivity index (χ0v) is 34.0. The fourth-order valence-corrected chi connectivity index (χ4v) is 7.03. The van der Waals surface area contributed by atoms with Crippen LogP contribution in [0.1, 0.15) is 36.2 Å². The molecule has 15 heteroatoms. The molecule has 0 aromatic heterocycles. The Morgan fingerprint density at radius 3 is 2.33 bits per heavy atom. The van der Waals surface area contributed by atoms with E-state index in [-0.39, 0.29) is 123 Å². The van der Waals surface area contributed by atoms with Crippen molar-refractivity contribution in [2.45, 2.75) is 30.6 Å². The molecule has 1 N–H and O–H groups in total. The van der Waals surface area contributed by atoms with E-state index >= 15 is 0 Å². The van der Waals surface area contributed by atoms with Crippen molar-refractivity contribution in [2.75, 3.05) is 26.9 Å². The van der Waals surface area contributed by atoms with Crippen molar-refractivity contribution in [1.82, 2.24) is 0 Å². The van der Waals surface area contributed by atoms with Gasteiger partial charge in [-0.05, 0) is 54.5 Å². The second-order valence-corrected chi connectivity index (χ2v) is 13.8. The largest absolute Gasteiger partial charge is 1.00 e. The van der Waals surface area contributed by atoms with Gasteiger partial charge in [-0.3, -0.25) is 9.59 Å². The van der Waals surface area contributed by atoms with E-state index in [9.17, 15) is 31.7 Å². The Morgan fingerprint density at radius 1 is 1.07 bits per heavy atom. The van der Waals surface area contributed by atoms with Gasteiger partial charge in [0, 0.05) is 50.1 Å². The Hall–Kier alpha value is 0.510. The van der Waals surface area contributed by atoms with Gasteiger partial charge in [0.05, 0.1) is 14.5 Å². The summed E-state index contributed by atoms with van der Waals surface area (Å²) in [6, 6.07) is 11.5. The first-order valence-electron chi connectivity index (χ1n) is 12.0. The Balaban J connectivity index is 0.00000294. The Bertz CT molecular complexity index is 1540. The molecule has 0 unspecified atom stereocenters. The number of fused-ring (bicyclic) bond motifs is 2. The monoisotopic (exact) mass is 750 g/mol. The number of carbonyl (C=O) groups is 2. The number of carbonyl (C=O) groups excluding carboxylic acids is 2. The molecular formula is C27H26IN2Na3O7S2. The zero-order valence-electron chi connectivity index (χ0n) is 24.2. The number of halogens is 1. The Kier molecular flexibility index (Phi) is 15.8. The van der Waals surface area contributed by atoms with Crippen LogP contribution in [0.5, 0.6) is 0 Å². The summed E-state index contributed by atoms with van der Waals surface area (Å²) in [5.74, 6) is -1.22. The summed E-state index contributed by atoms with van der Waals surface area (Å²) in [5, 5.41) is 2.84. The van der Waals surface area contributed by atoms with Crippen LogP contribution in [0.15, 0.2) is 82.3 Å². The summed E-state index contributed by atoms with van der Waals surface area (Å²) < 4.78 is 59.6. The third kappa shape index (κ3) is 8.85. The standard InChI is InChI=1S/C27H29IN2O7S2.3Na/c1-27(2)20-16-18(29-25(31)17-28)12-13-21(20)30(14-7-15-38(33,34)35)24(27)11-6-5-10-23-26(32)19-8-3-4-9-22(19)39(23,36)37;;;/h3-6,8-13,16,36-37H,7,14-15,17H2,1-2H3,(H,29,31)(H,33,34,35);;;/q;3*+1/p-3/b6-5+,23-10-,24-11-;;;. The number of hydrogen-bond acceptors (Lipinski definition) is 8. The average Bonchev–Trinajstić information content (AvgIpc) is 3.19. The van der Waals surface area contributed by atoms with Crippen LogP contribution in [0.3, 0.4) is 0 Å². The maximum atomic E-state index is 12.8. The summed E-state index contributed by atoms with van der Waals surface area (Å²) in [4.78, 5) is 26.2. The van der Waals surface area contributed by atoms with E-state index in [0.717, 1.165) is 16.9 Å². The van der Waals surface area contributed by atoms with E-state index in [1.54, 1.807) is 30.4 Å². The van der Waals surface area contributed by atoms with Gasteiger partial charge in [-0.25, -0.2) is 8.42 Å². The molecule has 1 amide bonds. The van der Waals surface area contributed by atoms with Crippen LogP contribution in [0.4, 0.5) is 11.4 Å². The number of nitrogens with one attached hydrogen (secondary N) is 1. The van der Waals surface area contributed by atoms with Gasteiger partial charge < -0.3 is 34.5 Å². The first-order valence-corrected chi connectivity index (χ1v) is 16.6. The van der Waals surface area contributed by atoms with E-state index in [0.29, 0.717) is 10.1 Å². The Morgan fingerprint density at radius 2 is 1.71 bits per heavy atom. The Labute approximate surface area is 328 Å². The quantitative estimate of drug-likeness (QED) is 0.0938. The van der Waals surface area contributed by atoms with Gasteiger partial charge in [0.1, 0.15) is 0 Å². The van der Waals surface area contributed by atoms with Crippen LogP contribution in [-0.2, 0) is 20.3 Å². The molecule has 2 aromatic carbocycles. The van der Waals surface area contributed by atoms with Crippen LogP contribution in [0.2, 0.25) is 0 Å². The van der Waals surface area contributed by atoms with Crippen LogP contribution >= 0.6 is 33.2 Å². The summed E-state index contributed by atoms with van der Waals surface area (Å²) >= 11 is 1.97. The van der Waals surface area contributed by atoms with E-state index < -0.39 is 37.7 Å². The number of rotatable bonds is 8. The molecule has 0 atom stereocenters. The molecule has 0 saturated heterocycles. The zero-order chi connectivity index (χ0) is 28.6. The molecule has 0 spiro atoms. The molecule has 0 fully saturated rings. The summed E-state index contributed by atoms with van der Waals surface area (Å²) in [5.41, 5.74) is 2.65. The number of nitrogens with zero attached hydrogens (tertiary/aromatic N) is 1. The summed E-state index contributed by atoms with van der Waals surface area (Å²) in [7, 11) is -8.29. The number of hydrogen-bond donors (Lipinski definition) is 1. The molecular weight excluding hydrogens is 724 g/mol. The average molecular weight is 751 g/mol. The number of amides is 1. The van der Waals surface area contributed by atoms with Gasteiger partial charge in [0.15, 0.2) is 0 Å². The van der Waals surface area contributed by atoms with Crippen molar-refractivity contribution in [3.05, 3.63) is 88.5 Å². The van der Waals surface area contributed by atoms with Crippen molar-refractivity contribution >= 4 is 66.4 Å². The predicted molar refractivity (Wildman–Crippen MR) is 157 cm³/mol. The van der Waals surface area contributed by atoms with Crippen molar-refractivity contribution in [3.63, 3.8) is 0 Å². The van der Waals surface area contributed by atoms with E-state index in [2.05, 4.69) is 5.32 Å². The van der Waals surface area contributed by atoms with Gasteiger partial charge in [-0.1, -0.05) is 60.7 Å². The maximum absolute atomic E-state index is 12.8. The van der Waals surface area contributed by atoms with Gasteiger partial charge >= 0.3 is 88.7 Å². The number of ketones is 1. The van der Waals surface area contributed by atoms with Gasteiger partial charge in [0.2, 0.25) is 11.7 Å². The van der Waals surface area contributed by atoms with Crippen molar-refractivity contribution in [3.8, 4) is 0 Å².